The van der Waals surface area contributed by atoms with Crippen LogP contribution in [-0.4, -0.2) is 50.8 Å². The van der Waals surface area contributed by atoms with Gasteiger partial charge in [-0.25, -0.2) is 14.8 Å². The largest absolute Gasteiger partial charge is 0.478 e. The molecule has 0 aliphatic carbocycles. The molecule has 1 saturated heterocycles. The van der Waals surface area contributed by atoms with Gasteiger partial charge in [0.05, 0.1) is 23.2 Å². The van der Waals surface area contributed by atoms with Gasteiger partial charge in [-0.2, -0.15) is 0 Å². The molecule has 0 saturated carbocycles. The van der Waals surface area contributed by atoms with Gasteiger partial charge in [0.15, 0.2) is 0 Å². The molecule has 2 heterocycles. The van der Waals surface area contributed by atoms with Gasteiger partial charge in [0.2, 0.25) is 5.91 Å². The summed E-state index contributed by atoms with van der Waals surface area (Å²) in [5.41, 5.74) is 2.98. The van der Waals surface area contributed by atoms with Crippen molar-refractivity contribution in [3.8, 4) is 0 Å². The predicted molar refractivity (Wildman–Crippen MR) is 130 cm³/mol. The Balaban J connectivity index is 1.40. The van der Waals surface area contributed by atoms with Crippen molar-refractivity contribution in [1.29, 1.82) is 0 Å². The maximum absolute atomic E-state index is 13.0. The van der Waals surface area contributed by atoms with Crippen LogP contribution in [0.2, 0.25) is 0 Å². The van der Waals surface area contributed by atoms with Gasteiger partial charge in [-0.1, -0.05) is 42.5 Å². The second kappa shape index (κ2) is 10.9. The van der Waals surface area contributed by atoms with Gasteiger partial charge in [0, 0.05) is 31.7 Å². The highest BCUT2D eigenvalue weighted by atomic mass is 16.4. The number of benzene rings is 2. The van der Waals surface area contributed by atoms with E-state index in [1.807, 2.05) is 35.2 Å². The molecule has 1 aliphatic heterocycles. The molecule has 0 unspecified atom stereocenters. The lowest BCUT2D eigenvalue weighted by Crippen LogP contribution is -2.39. The van der Waals surface area contributed by atoms with E-state index in [-0.39, 0.29) is 29.8 Å². The van der Waals surface area contributed by atoms with Crippen LogP contribution in [0.5, 0.6) is 0 Å². The van der Waals surface area contributed by atoms with Crippen molar-refractivity contribution in [2.24, 2.45) is 0 Å². The Morgan fingerprint density at radius 2 is 1.74 bits per heavy atom. The SMILES string of the molecule is Cc1ncc(C(=O)NCc2cccc(C(=O)O)c2)c(C2CCN(C(=O)Cc3ccccc3)CC2)n1. The number of nitrogens with one attached hydrogen (secondary N) is 1. The standard InChI is InChI=1S/C27H28N4O4/c1-18-28-17-23(26(33)29-16-20-8-5-9-22(14-20)27(34)35)25(30-18)21-10-12-31(13-11-21)24(32)15-19-6-3-2-4-7-19/h2-9,14,17,21H,10-13,15-16H2,1H3,(H,29,33)(H,34,35). The summed E-state index contributed by atoms with van der Waals surface area (Å²) in [5, 5.41) is 12.0. The second-order valence-electron chi connectivity index (χ2n) is 8.72. The van der Waals surface area contributed by atoms with Crippen LogP contribution in [0.4, 0.5) is 0 Å². The molecule has 8 nitrogen and oxygen atoms in total. The van der Waals surface area contributed by atoms with Crippen molar-refractivity contribution in [3.63, 3.8) is 0 Å². The number of likely N-dealkylation sites (tertiary alicyclic amines) is 1. The van der Waals surface area contributed by atoms with E-state index in [1.54, 1.807) is 25.3 Å². The van der Waals surface area contributed by atoms with Crippen LogP contribution >= 0.6 is 0 Å². The summed E-state index contributed by atoms with van der Waals surface area (Å²) >= 11 is 0. The Bertz CT molecular complexity index is 1220. The summed E-state index contributed by atoms with van der Waals surface area (Å²) in [4.78, 5) is 47.6. The number of amides is 2. The maximum atomic E-state index is 13.0. The number of aromatic nitrogens is 2. The van der Waals surface area contributed by atoms with Gasteiger partial charge in [0.25, 0.3) is 5.91 Å². The van der Waals surface area contributed by atoms with E-state index in [2.05, 4.69) is 15.3 Å². The Morgan fingerprint density at radius 1 is 1.03 bits per heavy atom. The van der Waals surface area contributed by atoms with E-state index in [0.717, 1.165) is 18.4 Å². The third-order valence-corrected chi connectivity index (χ3v) is 6.24. The van der Waals surface area contributed by atoms with Gasteiger partial charge in [0.1, 0.15) is 5.82 Å². The average Bonchev–Trinajstić information content (AvgIpc) is 2.88. The zero-order chi connectivity index (χ0) is 24.8. The Labute approximate surface area is 204 Å². The van der Waals surface area contributed by atoms with Gasteiger partial charge in [-0.05, 0) is 43.0 Å². The molecule has 8 heteroatoms. The van der Waals surface area contributed by atoms with Crippen LogP contribution in [-0.2, 0) is 17.8 Å². The van der Waals surface area contributed by atoms with Crippen LogP contribution in [0, 0.1) is 6.92 Å². The molecule has 1 aliphatic rings. The van der Waals surface area contributed by atoms with Gasteiger partial charge >= 0.3 is 5.97 Å². The summed E-state index contributed by atoms with van der Waals surface area (Å²) < 4.78 is 0. The first kappa shape index (κ1) is 24.1. The first-order valence-electron chi connectivity index (χ1n) is 11.7. The van der Waals surface area contributed by atoms with E-state index in [1.165, 1.54) is 12.1 Å². The molecular formula is C27H28N4O4. The lowest BCUT2D eigenvalue weighted by molar-refractivity contribution is -0.131. The molecule has 2 N–H and O–H groups in total. The van der Waals surface area contributed by atoms with E-state index >= 15 is 0 Å². The van der Waals surface area contributed by atoms with Crippen molar-refractivity contribution >= 4 is 17.8 Å². The van der Waals surface area contributed by atoms with Crippen molar-refractivity contribution in [2.75, 3.05) is 13.1 Å². The highest BCUT2D eigenvalue weighted by molar-refractivity contribution is 5.95. The van der Waals surface area contributed by atoms with E-state index in [4.69, 9.17) is 5.11 Å². The highest BCUT2D eigenvalue weighted by Crippen LogP contribution is 2.29. The fourth-order valence-corrected chi connectivity index (χ4v) is 4.35. The van der Waals surface area contributed by atoms with Crippen molar-refractivity contribution in [3.05, 3.63) is 94.6 Å². The maximum Gasteiger partial charge on any atom is 0.335 e. The Morgan fingerprint density at radius 3 is 2.46 bits per heavy atom. The summed E-state index contributed by atoms with van der Waals surface area (Å²) in [5.74, 6) is -0.568. The highest BCUT2D eigenvalue weighted by Gasteiger charge is 2.28. The number of rotatable bonds is 7. The minimum atomic E-state index is -1.01. The number of aromatic carboxylic acids is 1. The predicted octanol–water partition coefficient (Wildman–Crippen LogP) is 3.36. The van der Waals surface area contributed by atoms with Crippen LogP contribution in [0.15, 0.2) is 60.8 Å². The fourth-order valence-electron chi connectivity index (χ4n) is 4.35. The summed E-state index contributed by atoms with van der Waals surface area (Å²) in [6, 6.07) is 16.2. The summed E-state index contributed by atoms with van der Waals surface area (Å²) in [6.45, 7) is 3.21. The first-order valence-corrected chi connectivity index (χ1v) is 11.7. The quantitative estimate of drug-likeness (QED) is 0.545. The lowest BCUT2D eigenvalue weighted by Gasteiger charge is -2.32. The van der Waals surface area contributed by atoms with E-state index < -0.39 is 5.97 Å². The molecule has 0 atom stereocenters. The molecule has 1 aromatic heterocycles. The topological polar surface area (TPSA) is 112 Å². The number of carbonyl (C=O) groups is 3. The lowest BCUT2D eigenvalue weighted by atomic mass is 9.90. The number of aryl methyl sites for hydroxylation is 1. The molecular weight excluding hydrogens is 444 g/mol. The van der Waals surface area contributed by atoms with Gasteiger partial charge in [-0.3, -0.25) is 9.59 Å². The zero-order valence-corrected chi connectivity index (χ0v) is 19.6. The number of nitrogens with zero attached hydrogens (tertiary/aromatic N) is 3. The monoisotopic (exact) mass is 472 g/mol. The molecule has 1 fully saturated rings. The van der Waals surface area contributed by atoms with Crippen molar-refractivity contribution < 1.29 is 19.5 Å². The summed E-state index contributed by atoms with van der Waals surface area (Å²) in [6.07, 6.45) is 3.37. The minimum absolute atomic E-state index is 0.0496. The van der Waals surface area contributed by atoms with Crippen LogP contribution < -0.4 is 5.32 Å². The van der Waals surface area contributed by atoms with Crippen LogP contribution in [0.1, 0.15) is 62.1 Å². The molecule has 180 valence electrons. The van der Waals surface area contributed by atoms with Gasteiger partial charge < -0.3 is 15.3 Å². The van der Waals surface area contributed by atoms with E-state index in [9.17, 15) is 14.4 Å². The first-order chi connectivity index (χ1) is 16.9. The number of hydrogen-bond acceptors (Lipinski definition) is 5. The van der Waals surface area contributed by atoms with E-state index in [0.29, 0.717) is 42.2 Å². The molecule has 2 aromatic carbocycles. The fraction of sp³-hybridized carbons (Fsp3) is 0.296. The number of carboxylic acids is 1. The normalized spacial score (nSPS) is 13.9. The smallest absolute Gasteiger partial charge is 0.335 e. The van der Waals surface area contributed by atoms with Crippen LogP contribution in [0.25, 0.3) is 0 Å². The number of carbonyl (C=O) groups excluding carboxylic acids is 2. The molecule has 4 rings (SSSR count). The molecule has 35 heavy (non-hydrogen) atoms. The Hall–Kier alpha value is -4.07. The molecule has 0 spiro atoms. The number of piperidine rings is 1. The molecule has 0 radical (unpaired) electrons. The van der Waals surface area contributed by atoms with Crippen LogP contribution in [0.3, 0.4) is 0 Å². The Kier molecular flexibility index (Phi) is 7.50. The zero-order valence-electron chi connectivity index (χ0n) is 19.6. The molecule has 3 aromatic rings. The van der Waals surface area contributed by atoms with Crippen molar-refractivity contribution in [1.82, 2.24) is 20.2 Å². The minimum Gasteiger partial charge on any atom is -0.478 e. The number of hydrogen-bond donors (Lipinski definition) is 2. The molecule has 0 bridgehead atoms. The number of carboxylic acid groups (broad SMARTS) is 1. The van der Waals surface area contributed by atoms with Gasteiger partial charge in [-0.15, -0.1) is 0 Å². The third kappa shape index (κ3) is 6.09. The average molecular weight is 473 g/mol. The molecule has 2 amide bonds. The van der Waals surface area contributed by atoms with Crippen molar-refractivity contribution in [2.45, 2.75) is 38.6 Å². The second-order valence-corrected chi connectivity index (χ2v) is 8.72. The third-order valence-electron chi connectivity index (χ3n) is 6.24. The summed E-state index contributed by atoms with van der Waals surface area (Å²) in [7, 11) is 0.